The fourth-order valence-electron chi connectivity index (χ4n) is 5.04. The Morgan fingerprint density at radius 3 is 2.69 bits per heavy atom. The number of rotatable bonds is 5. The summed E-state index contributed by atoms with van der Waals surface area (Å²) in [6.07, 6.45) is 4.67. The number of hydrogen-bond acceptors (Lipinski definition) is 6. The number of amides is 1. The number of pyridine rings is 1. The molecule has 0 aliphatic carbocycles. The van der Waals surface area contributed by atoms with Crippen LogP contribution in [0.2, 0.25) is 0 Å². The maximum atomic E-state index is 13.1. The first-order chi connectivity index (χ1) is 15.6. The van der Waals surface area contributed by atoms with Gasteiger partial charge in [0.15, 0.2) is 0 Å². The number of carbonyl (C=O) groups is 1. The molecule has 1 aromatic carbocycles. The normalized spacial score (nSPS) is 24.6. The van der Waals surface area contributed by atoms with Crippen molar-refractivity contribution in [2.45, 2.75) is 31.6 Å². The summed E-state index contributed by atoms with van der Waals surface area (Å²) in [5.74, 6) is -0.467. The number of aliphatic hydroxyl groups is 1. The minimum atomic E-state index is -0.521. The number of nitrogens with one attached hydrogen (secondary N) is 2. The van der Waals surface area contributed by atoms with Crippen molar-refractivity contribution in [1.82, 2.24) is 25.2 Å². The molecule has 0 radical (unpaired) electrons. The van der Waals surface area contributed by atoms with Gasteiger partial charge < -0.3 is 15.0 Å². The molecule has 164 valence electrons. The zero-order valence-corrected chi connectivity index (χ0v) is 17.7. The largest absolute Gasteiger partial charge is 0.396 e. The average molecular weight is 431 g/mol. The molecule has 3 aromatic rings. The minimum Gasteiger partial charge on any atom is -0.396 e. The molecule has 5 atom stereocenters. The van der Waals surface area contributed by atoms with Crippen LogP contribution in [0.25, 0.3) is 11.1 Å². The van der Waals surface area contributed by atoms with Gasteiger partial charge in [-0.1, -0.05) is 30.3 Å². The molecular weight excluding hydrogens is 406 g/mol. The highest BCUT2D eigenvalue weighted by atomic mass is 16.3. The van der Waals surface area contributed by atoms with Crippen LogP contribution in [0.5, 0.6) is 0 Å². The van der Waals surface area contributed by atoms with E-state index in [2.05, 4.69) is 20.6 Å². The van der Waals surface area contributed by atoms with Crippen LogP contribution in [-0.2, 0) is 11.3 Å². The molecule has 8 nitrogen and oxygen atoms in total. The van der Waals surface area contributed by atoms with E-state index in [1.807, 2.05) is 43.3 Å². The molecule has 0 saturated carbocycles. The fourth-order valence-corrected chi connectivity index (χ4v) is 5.04. The Kier molecular flexibility index (Phi) is 5.32. The van der Waals surface area contributed by atoms with Crippen molar-refractivity contribution in [3.63, 3.8) is 0 Å². The lowest BCUT2D eigenvalue weighted by molar-refractivity contribution is -0.125. The summed E-state index contributed by atoms with van der Waals surface area (Å²) in [6.45, 7) is 2.27. The van der Waals surface area contributed by atoms with Crippen molar-refractivity contribution in [3.8, 4) is 11.1 Å². The summed E-state index contributed by atoms with van der Waals surface area (Å²) < 4.78 is 1.74. The first-order valence-electron chi connectivity index (χ1n) is 10.8. The number of carbonyl (C=O) groups excluding carboxylic acids is 1. The summed E-state index contributed by atoms with van der Waals surface area (Å²) in [4.78, 5) is 34.2. The SMILES string of the molecule is C[C@H](NC(=O)[C@@H]1N[C@@H]2c3ccc(-c4cncnc4)c(=O)n3C[C@@H]2[C@H]1CO)c1ccccc1. The van der Waals surface area contributed by atoms with Gasteiger partial charge in [-0.05, 0) is 24.6 Å². The van der Waals surface area contributed by atoms with Crippen molar-refractivity contribution in [1.29, 1.82) is 0 Å². The maximum Gasteiger partial charge on any atom is 0.258 e. The number of benzene rings is 1. The first kappa shape index (κ1) is 20.5. The number of nitrogens with zero attached hydrogens (tertiary/aromatic N) is 3. The fraction of sp³-hybridized carbons (Fsp3) is 0.333. The predicted octanol–water partition coefficient (Wildman–Crippen LogP) is 1.43. The lowest BCUT2D eigenvalue weighted by atomic mass is 9.88. The van der Waals surface area contributed by atoms with Gasteiger partial charge >= 0.3 is 0 Å². The quantitative estimate of drug-likeness (QED) is 0.564. The molecule has 0 spiro atoms. The summed E-state index contributed by atoms with van der Waals surface area (Å²) in [5, 5.41) is 16.6. The Morgan fingerprint density at radius 1 is 1.22 bits per heavy atom. The lowest BCUT2D eigenvalue weighted by Crippen LogP contribution is -2.46. The minimum absolute atomic E-state index is 0.0437. The molecule has 0 unspecified atom stereocenters. The molecule has 4 heterocycles. The number of aliphatic hydroxyl groups excluding tert-OH is 1. The maximum absolute atomic E-state index is 13.1. The third kappa shape index (κ3) is 3.41. The molecule has 2 aliphatic rings. The highest BCUT2D eigenvalue weighted by Gasteiger charge is 2.50. The van der Waals surface area contributed by atoms with Gasteiger partial charge in [-0.15, -0.1) is 0 Å². The molecule has 3 N–H and O–H groups in total. The van der Waals surface area contributed by atoms with E-state index in [1.165, 1.54) is 6.33 Å². The molecule has 32 heavy (non-hydrogen) atoms. The van der Waals surface area contributed by atoms with E-state index in [-0.39, 0.29) is 42.0 Å². The van der Waals surface area contributed by atoms with Gasteiger partial charge in [0.1, 0.15) is 6.33 Å². The summed E-state index contributed by atoms with van der Waals surface area (Å²) in [5.41, 5.74) is 2.97. The topological polar surface area (TPSA) is 109 Å². The number of aromatic nitrogens is 3. The van der Waals surface area contributed by atoms with E-state index in [0.29, 0.717) is 17.7 Å². The highest BCUT2D eigenvalue weighted by molar-refractivity contribution is 5.83. The Labute approximate surface area is 185 Å². The van der Waals surface area contributed by atoms with E-state index in [4.69, 9.17) is 0 Å². The van der Waals surface area contributed by atoms with Crippen LogP contribution < -0.4 is 16.2 Å². The molecule has 5 rings (SSSR count). The smallest absolute Gasteiger partial charge is 0.258 e. The second-order valence-corrected chi connectivity index (χ2v) is 8.49. The van der Waals surface area contributed by atoms with Crippen LogP contribution in [-0.4, -0.2) is 38.2 Å². The molecule has 1 amide bonds. The third-order valence-corrected chi connectivity index (χ3v) is 6.71. The van der Waals surface area contributed by atoms with Crippen molar-refractivity contribution in [2.75, 3.05) is 6.61 Å². The Hall–Kier alpha value is -3.36. The van der Waals surface area contributed by atoms with Crippen LogP contribution >= 0.6 is 0 Å². The van der Waals surface area contributed by atoms with Gasteiger partial charge in [0.2, 0.25) is 5.91 Å². The second-order valence-electron chi connectivity index (χ2n) is 8.49. The predicted molar refractivity (Wildman–Crippen MR) is 118 cm³/mol. The van der Waals surface area contributed by atoms with E-state index >= 15 is 0 Å². The first-order valence-corrected chi connectivity index (χ1v) is 10.8. The zero-order chi connectivity index (χ0) is 22.2. The average Bonchev–Trinajstić information content (AvgIpc) is 3.37. The van der Waals surface area contributed by atoms with Crippen molar-refractivity contribution >= 4 is 5.91 Å². The Morgan fingerprint density at radius 2 is 1.97 bits per heavy atom. The molecule has 8 heteroatoms. The third-order valence-electron chi connectivity index (χ3n) is 6.71. The Balaban J connectivity index is 1.38. The van der Waals surface area contributed by atoms with Crippen LogP contribution in [0, 0.1) is 11.8 Å². The monoisotopic (exact) mass is 431 g/mol. The van der Waals surface area contributed by atoms with Crippen LogP contribution in [0.3, 0.4) is 0 Å². The number of hydrogen-bond donors (Lipinski definition) is 3. The van der Waals surface area contributed by atoms with Crippen LogP contribution in [0.15, 0.2) is 66.0 Å². The van der Waals surface area contributed by atoms with Gasteiger partial charge in [0.05, 0.1) is 23.7 Å². The van der Waals surface area contributed by atoms with E-state index in [1.54, 1.807) is 23.0 Å². The Bertz CT molecular complexity index is 1180. The molecule has 1 fully saturated rings. The number of fused-ring (bicyclic) bond motifs is 3. The lowest BCUT2D eigenvalue weighted by Gasteiger charge is -2.23. The molecule has 2 aromatic heterocycles. The van der Waals surface area contributed by atoms with Crippen LogP contribution in [0.1, 0.15) is 30.3 Å². The van der Waals surface area contributed by atoms with E-state index in [9.17, 15) is 14.7 Å². The zero-order valence-electron chi connectivity index (χ0n) is 17.7. The summed E-state index contributed by atoms with van der Waals surface area (Å²) in [7, 11) is 0. The molecule has 2 aliphatic heterocycles. The van der Waals surface area contributed by atoms with Gasteiger partial charge in [-0.3, -0.25) is 14.9 Å². The highest BCUT2D eigenvalue weighted by Crippen LogP contribution is 2.42. The van der Waals surface area contributed by atoms with Gasteiger partial charge in [-0.25, -0.2) is 9.97 Å². The van der Waals surface area contributed by atoms with Gasteiger partial charge in [-0.2, -0.15) is 0 Å². The van der Waals surface area contributed by atoms with E-state index < -0.39 is 6.04 Å². The standard InChI is InChI=1S/C24H25N5O3/c1-14(15-5-3-2-4-6-15)27-23(31)22-19(12-30)18-11-29-20(21(18)28-22)8-7-17(24(29)32)16-9-25-13-26-10-16/h2-10,13-14,18-19,21-22,28,30H,11-12H2,1H3,(H,27,31)/t14-,18+,19+,21-,22+/m0/s1. The van der Waals surface area contributed by atoms with Crippen molar-refractivity contribution in [2.24, 2.45) is 11.8 Å². The summed E-state index contributed by atoms with van der Waals surface area (Å²) in [6, 6.07) is 12.7. The van der Waals surface area contributed by atoms with E-state index in [0.717, 1.165) is 11.3 Å². The van der Waals surface area contributed by atoms with Crippen molar-refractivity contribution < 1.29 is 9.90 Å². The second kappa shape index (κ2) is 8.29. The van der Waals surface area contributed by atoms with Gasteiger partial charge in [0.25, 0.3) is 5.56 Å². The van der Waals surface area contributed by atoms with Crippen molar-refractivity contribution in [3.05, 3.63) is 82.8 Å². The molecule has 0 bridgehead atoms. The summed E-state index contributed by atoms with van der Waals surface area (Å²) >= 11 is 0. The molecular formula is C24H25N5O3. The van der Waals surface area contributed by atoms with Crippen LogP contribution in [0.4, 0.5) is 0 Å². The molecule has 1 saturated heterocycles. The van der Waals surface area contributed by atoms with Gasteiger partial charge in [0, 0.05) is 48.6 Å².